The summed E-state index contributed by atoms with van der Waals surface area (Å²) in [7, 11) is 0. The van der Waals surface area contributed by atoms with Crippen LogP contribution < -0.4 is 11.3 Å². The van der Waals surface area contributed by atoms with E-state index in [1.807, 2.05) is 5.43 Å². The molecule has 0 saturated heterocycles. The maximum absolute atomic E-state index is 12.7. The molecule has 0 fully saturated rings. The number of hydrazine groups is 1. The van der Waals surface area contributed by atoms with Gasteiger partial charge in [0.15, 0.2) is 11.5 Å². The summed E-state index contributed by atoms with van der Waals surface area (Å²) in [5.41, 5.74) is 3.35. The van der Waals surface area contributed by atoms with Crippen molar-refractivity contribution in [3.05, 3.63) is 80.0 Å². The molecule has 3 aromatic rings. The van der Waals surface area contributed by atoms with Crippen molar-refractivity contribution in [3.8, 4) is 0 Å². The van der Waals surface area contributed by atoms with E-state index < -0.39 is 5.91 Å². The second-order valence-corrected chi connectivity index (χ2v) is 6.80. The number of rotatable bonds is 5. The standard InChI is InChI=1S/C17H12Cl3N5O2/c18-11-3-1-10(2-4-11)16(26)15-12(19)5-9(6-13(15)20)7-25-8-14(23-24-25)17(27)22-21/h1-6,8H,7,21H2,(H,22,27). The van der Waals surface area contributed by atoms with Gasteiger partial charge in [-0.25, -0.2) is 10.5 Å². The monoisotopic (exact) mass is 423 g/mol. The van der Waals surface area contributed by atoms with Crippen LogP contribution in [0, 0.1) is 0 Å². The Morgan fingerprint density at radius 3 is 2.30 bits per heavy atom. The number of hydrogen-bond donors (Lipinski definition) is 2. The Morgan fingerprint density at radius 2 is 1.70 bits per heavy atom. The fourth-order valence-corrected chi connectivity index (χ4v) is 3.25. The lowest BCUT2D eigenvalue weighted by atomic mass is 10.0. The molecular weight excluding hydrogens is 413 g/mol. The van der Waals surface area contributed by atoms with Gasteiger partial charge in [0.05, 0.1) is 28.4 Å². The molecule has 0 aliphatic carbocycles. The predicted molar refractivity (Wildman–Crippen MR) is 102 cm³/mol. The van der Waals surface area contributed by atoms with Crippen LogP contribution in [0.2, 0.25) is 15.1 Å². The maximum Gasteiger partial charge on any atom is 0.287 e. The molecule has 1 aromatic heterocycles. The molecule has 3 rings (SSSR count). The third kappa shape index (κ3) is 4.28. The van der Waals surface area contributed by atoms with Crippen LogP contribution in [-0.2, 0) is 6.54 Å². The van der Waals surface area contributed by atoms with Crippen LogP contribution in [-0.4, -0.2) is 26.7 Å². The third-order valence-electron chi connectivity index (χ3n) is 3.68. The Bertz CT molecular complexity index is 995. The number of carbonyl (C=O) groups is 2. The highest BCUT2D eigenvalue weighted by molar-refractivity contribution is 6.41. The minimum atomic E-state index is -0.554. The van der Waals surface area contributed by atoms with E-state index in [-0.39, 0.29) is 33.6 Å². The van der Waals surface area contributed by atoms with Gasteiger partial charge in [0, 0.05) is 10.6 Å². The number of nitrogens with two attached hydrogens (primary N) is 1. The summed E-state index contributed by atoms with van der Waals surface area (Å²) in [6, 6.07) is 9.66. The largest absolute Gasteiger partial charge is 0.289 e. The molecule has 0 unspecified atom stereocenters. The highest BCUT2D eigenvalue weighted by Crippen LogP contribution is 2.29. The molecule has 0 saturated carbocycles. The van der Waals surface area contributed by atoms with Crippen molar-refractivity contribution >= 4 is 46.5 Å². The van der Waals surface area contributed by atoms with E-state index in [2.05, 4.69) is 10.3 Å². The summed E-state index contributed by atoms with van der Waals surface area (Å²) in [5, 5.41) is 8.48. The number of nitrogens with one attached hydrogen (secondary N) is 1. The topological polar surface area (TPSA) is 103 Å². The molecular formula is C17H12Cl3N5O2. The van der Waals surface area contributed by atoms with Crippen molar-refractivity contribution in [1.82, 2.24) is 20.4 Å². The van der Waals surface area contributed by atoms with Crippen LogP contribution in [0.3, 0.4) is 0 Å². The molecule has 2 aromatic carbocycles. The Labute approximate surface area is 169 Å². The van der Waals surface area contributed by atoms with E-state index in [4.69, 9.17) is 40.6 Å². The van der Waals surface area contributed by atoms with Crippen LogP contribution in [0.15, 0.2) is 42.6 Å². The quantitative estimate of drug-likeness (QED) is 0.283. The summed E-state index contributed by atoms with van der Waals surface area (Å²) >= 11 is 18.4. The van der Waals surface area contributed by atoms with Crippen molar-refractivity contribution in [3.63, 3.8) is 0 Å². The van der Waals surface area contributed by atoms with Crippen molar-refractivity contribution in [1.29, 1.82) is 0 Å². The first-order valence-corrected chi connectivity index (χ1v) is 8.71. The van der Waals surface area contributed by atoms with Gasteiger partial charge < -0.3 is 0 Å². The smallest absolute Gasteiger partial charge is 0.287 e. The number of benzene rings is 2. The van der Waals surface area contributed by atoms with Crippen LogP contribution in [0.5, 0.6) is 0 Å². The Balaban J connectivity index is 1.86. The SMILES string of the molecule is NNC(=O)c1cn(Cc2cc(Cl)c(C(=O)c3ccc(Cl)cc3)c(Cl)c2)nn1. The third-order valence-corrected chi connectivity index (χ3v) is 4.53. The summed E-state index contributed by atoms with van der Waals surface area (Å²) < 4.78 is 1.42. The zero-order valence-corrected chi connectivity index (χ0v) is 15.9. The first-order chi connectivity index (χ1) is 12.9. The molecule has 0 radical (unpaired) electrons. The molecule has 1 heterocycles. The van der Waals surface area contributed by atoms with E-state index in [9.17, 15) is 9.59 Å². The highest BCUT2D eigenvalue weighted by atomic mass is 35.5. The average Bonchev–Trinajstić information content (AvgIpc) is 3.09. The second-order valence-electron chi connectivity index (χ2n) is 5.55. The normalized spacial score (nSPS) is 10.7. The number of nitrogens with zero attached hydrogens (tertiary/aromatic N) is 3. The molecule has 0 aliphatic rings. The van der Waals surface area contributed by atoms with Crippen molar-refractivity contribution in [2.24, 2.45) is 5.84 Å². The molecule has 27 heavy (non-hydrogen) atoms. The number of hydrogen-bond acceptors (Lipinski definition) is 5. The zero-order chi connectivity index (χ0) is 19.6. The van der Waals surface area contributed by atoms with Gasteiger partial charge >= 0.3 is 0 Å². The van der Waals surface area contributed by atoms with E-state index >= 15 is 0 Å². The van der Waals surface area contributed by atoms with Gasteiger partial charge in [0.1, 0.15) is 0 Å². The zero-order valence-electron chi connectivity index (χ0n) is 13.6. The van der Waals surface area contributed by atoms with Crippen LogP contribution >= 0.6 is 34.8 Å². The number of aromatic nitrogens is 3. The van der Waals surface area contributed by atoms with E-state index in [1.54, 1.807) is 36.4 Å². The van der Waals surface area contributed by atoms with Crippen LogP contribution in [0.25, 0.3) is 0 Å². The summed E-state index contributed by atoms with van der Waals surface area (Å²) in [4.78, 5) is 24.1. The molecule has 0 bridgehead atoms. The first kappa shape index (κ1) is 19.3. The minimum Gasteiger partial charge on any atom is -0.289 e. The molecule has 1 amide bonds. The van der Waals surface area contributed by atoms with Gasteiger partial charge in [-0.1, -0.05) is 40.0 Å². The molecule has 138 valence electrons. The molecule has 3 N–H and O–H groups in total. The lowest BCUT2D eigenvalue weighted by molar-refractivity contribution is 0.0948. The van der Waals surface area contributed by atoms with Gasteiger partial charge in [-0.05, 0) is 42.0 Å². The lowest BCUT2D eigenvalue weighted by Crippen LogP contribution is -2.30. The van der Waals surface area contributed by atoms with E-state index in [0.717, 1.165) is 0 Å². The van der Waals surface area contributed by atoms with Crippen LogP contribution in [0.1, 0.15) is 32.0 Å². The minimum absolute atomic E-state index is 0.0734. The molecule has 0 atom stereocenters. The van der Waals surface area contributed by atoms with E-state index in [0.29, 0.717) is 16.1 Å². The Hall–Kier alpha value is -2.45. The highest BCUT2D eigenvalue weighted by Gasteiger charge is 2.18. The maximum atomic E-state index is 12.7. The van der Waals surface area contributed by atoms with Crippen molar-refractivity contribution in [2.75, 3.05) is 0 Å². The van der Waals surface area contributed by atoms with Gasteiger partial charge in [0.25, 0.3) is 5.91 Å². The van der Waals surface area contributed by atoms with Crippen molar-refractivity contribution in [2.45, 2.75) is 6.54 Å². The summed E-state index contributed by atoms with van der Waals surface area (Å²) in [6.07, 6.45) is 1.43. The average molecular weight is 425 g/mol. The Morgan fingerprint density at radius 1 is 1.07 bits per heavy atom. The molecule has 0 aliphatic heterocycles. The number of carbonyl (C=O) groups excluding carboxylic acids is 2. The fourth-order valence-electron chi connectivity index (χ4n) is 2.42. The van der Waals surface area contributed by atoms with Gasteiger partial charge in [0.2, 0.25) is 0 Å². The Kier molecular flexibility index (Phi) is 5.76. The molecule has 7 nitrogen and oxygen atoms in total. The number of nitrogen functional groups attached to an aromatic ring is 1. The van der Waals surface area contributed by atoms with Gasteiger partial charge in [-0.3, -0.25) is 15.0 Å². The summed E-state index contributed by atoms with van der Waals surface area (Å²) in [6.45, 7) is 0.250. The fraction of sp³-hybridized carbons (Fsp3) is 0.0588. The van der Waals surface area contributed by atoms with Crippen molar-refractivity contribution < 1.29 is 9.59 Å². The van der Waals surface area contributed by atoms with Crippen LogP contribution in [0.4, 0.5) is 0 Å². The summed E-state index contributed by atoms with van der Waals surface area (Å²) in [5.74, 6) is 4.19. The molecule has 10 heteroatoms. The lowest BCUT2D eigenvalue weighted by Gasteiger charge is -2.10. The second kappa shape index (κ2) is 8.06. The number of amides is 1. The predicted octanol–water partition coefficient (Wildman–Crippen LogP) is 3.12. The van der Waals surface area contributed by atoms with E-state index in [1.165, 1.54) is 10.9 Å². The van der Waals surface area contributed by atoms with Gasteiger partial charge in [-0.2, -0.15) is 0 Å². The number of halogens is 3. The first-order valence-electron chi connectivity index (χ1n) is 7.58. The van der Waals surface area contributed by atoms with Gasteiger partial charge in [-0.15, -0.1) is 5.10 Å². The number of ketones is 1. The molecule has 0 spiro atoms.